The molecule has 3 aliphatic heterocycles. The van der Waals surface area contributed by atoms with Gasteiger partial charge in [0.15, 0.2) is 17.9 Å². The average Bonchev–Trinajstić information content (AvgIpc) is 3.22. The Morgan fingerprint density at radius 1 is 1.11 bits per heavy atom. The van der Waals surface area contributed by atoms with Crippen LogP contribution >= 0.6 is 0 Å². The first kappa shape index (κ1) is 19.7. The average molecular weight is 395 g/mol. The molecule has 0 unspecified atom stereocenters. The Bertz CT molecular complexity index is 751. The molecule has 0 N–H and O–H groups in total. The number of rotatable bonds is 5. The highest BCUT2D eigenvalue weighted by atomic mass is 16.8. The van der Waals surface area contributed by atoms with E-state index in [1.54, 1.807) is 32.0 Å². The van der Waals surface area contributed by atoms with E-state index >= 15 is 0 Å². The van der Waals surface area contributed by atoms with Crippen molar-refractivity contribution in [1.29, 1.82) is 0 Å². The number of fused-ring (bicyclic) bond motifs is 1. The molecule has 28 heavy (non-hydrogen) atoms. The van der Waals surface area contributed by atoms with Crippen LogP contribution in [0.5, 0.6) is 0 Å². The van der Waals surface area contributed by atoms with Gasteiger partial charge in [0, 0.05) is 6.07 Å². The van der Waals surface area contributed by atoms with Crippen LogP contribution in [0.15, 0.2) is 24.3 Å². The van der Waals surface area contributed by atoms with E-state index < -0.39 is 41.1 Å². The predicted molar refractivity (Wildman–Crippen MR) is 95.3 cm³/mol. The van der Waals surface area contributed by atoms with E-state index in [0.29, 0.717) is 12.2 Å². The second-order valence-electron chi connectivity index (χ2n) is 8.10. The van der Waals surface area contributed by atoms with Gasteiger partial charge in [-0.2, -0.15) is 0 Å². The molecule has 0 bridgehead atoms. The number of nitro groups is 1. The van der Waals surface area contributed by atoms with E-state index in [1.807, 2.05) is 13.8 Å². The Labute approximate surface area is 162 Å². The lowest BCUT2D eigenvalue weighted by Gasteiger charge is -2.29. The van der Waals surface area contributed by atoms with Crippen molar-refractivity contribution < 1.29 is 33.3 Å². The number of hydrogen-bond donors (Lipinski definition) is 0. The summed E-state index contributed by atoms with van der Waals surface area (Å²) in [5, 5.41) is 11.3. The summed E-state index contributed by atoms with van der Waals surface area (Å²) in [6.07, 6.45) is -2.41. The van der Waals surface area contributed by atoms with Crippen LogP contribution in [-0.2, 0) is 35.0 Å². The zero-order valence-electron chi connectivity index (χ0n) is 16.3. The van der Waals surface area contributed by atoms with Crippen molar-refractivity contribution in [3.63, 3.8) is 0 Å². The number of nitrogens with zero attached hydrogens (tertiary/aromatic N) is 1. The van der Waals surface area contributed by atoms with Crippen LogP contribution < -0.4 is 0 Å². The summed E-state index contributed by atoms with van der Waals surface area (Å²) < 4.78 is 35.6. The van der Waals surface area contributed by atoms with Crippen molar-refractivity contribution in [1.82, 2.24) is 0 Å². The quantitative estimate of drug-likeness (QED) is 0.554. The lowest BCUT2D eigenvalue weighted by Crippen LogP contribution is -2.44. The Morgan fingerprint density at radius 3 is 2.54 bits per heavy atom. The third-order valence-corrected chi connectivity index (χ3v) is 5.04. The Morgan fingerprint density at radius 2 is 1.86 bits per heavy atom. The fourth-order valence-electron chi connectivity index (χ4n) is 3.87. The third kappa shape index (κ3) is 3.78. The molecular formula is C19H25NO8. The van der Waals surface area contributed by atoms with Gasteiger partial charge in [-0.1, -0.05) is 12.1 Å². The number of para-hydroxylation sites is 1. The minimum atomic E-state index is -0.799. The predicted octanol–water partition coefficient (Wildman–Crippen LogP) is 2.51. The SMILES string of the molecule is CC1(C)O[C@H]2O[C@H]([C@H]3COC(C)(C)O3)[C@H](OCc3ccccc3[N+](=O)[O-])[C@H]2O1. The van der Waals surface area contributed by atoms with Gasteiger partial charge in [0.2, 0.25) is 0 Å². The van der Waals surface area contributed by atoms with Crippen LogP contribution in [0.1, 0.15) is 33.3 Å². The number of ether oxygens (including phenoxy) is 6. The van der Waals surface area contributed by atoms with E-state index in [1.165, 1.54) is 6.07 Å². The summed E-state index contributed by atoms with van der Waals surface area (Å²) in [7, 11) is 0. The first-order chi connectivity index (χ1) is 13.2. The summed E-state index contributed by atoms with van der Waals surface area (Å²) in [6.45, 7) is 7.68. The van der Waals surface area contributed by atoms with Crippen LogP contribution in [0, 0.1) is 10.1 Å². The van der Waals surface area contributed by atoms with E-state index in [2.05, 4.69) is 0 Å². The first-order valence-corrected chi connectivity index (χ1v) is 9.32. The van der Waals surface area contributed by atoms with E-state index in [0.717, 1.165) is 0 Å². The van der Waals surface area contributed by atoms with Gasteiger partial charge < -0.3 is 28.4 Å². The molecule has 9 heteroatoms. The minimum Gasteiger partial charge on any atom is -0.368 e. The molecule has 4 rings (SSSR count). The molecule has 1 aromatic rings. The molecule has 5 atom stereocenters. The standard InChI is InChI=1S/C19H25NO8/c1-18(2)24-10-13(26-18)14-15(16-17(25-14)28-19(3,4)27-16)23-9-11-7-5-6-8-12(11)20(21)22/h5-8,13-17H,9-10H2,1-4H3/t13-,14-,15+,16-,17-/m1/s1. The smallest absolute Gasteiger partial charge is 0.274 e. The summed E-state index contributed by atoms with van der Waals surface area (Å²) in [5.74, 6) is -1.51. The van der Waals surface area contributed by atoms with Gasteiger partial charge in [0.1, 0.15) is 24.4 Å². The van der Waals surface area contributed by atoms with Crippen molar-refractivity contribution in [3.8, 4) is 0 Å². The minimum absolute atomic E-state index is 0.0139. The maximum atomic E-state index is 11.3. The summed E-state index contributed by atoms with van der Waals surface area (Å²) in [5.41, 5.74) is 0.497. The molecule has 3 heterocycles. The van der Waals surface area contributed by atoms with Crippen LogP contribution in [0.25, 0.3) is 0 Å². The summed E-state index contributed by atoms with van der Waals surface area (Å²) in [6, 6.07) is 6.50. The number of hydrogen-bond acceptors (Lipinski definition) is 8. The normalized spacial score (nSPS) is 35.8. The molecule has 3 fully saturated rings. The van der Waals surface area contributed by atoms with Gasteiger partial charge in [-0.15, -0.1) is 0 Å². The second-order valence-corrected chi connectivity index (χ2v) is 8.10. The van der Waals surface area contributed by atoms with Gasteiger partial charge in [0.25, 0.3) is 5.69 Å². The highest BCUT2D eigenvalue weighted by Crippen LogP contribution is 2.42. The van der Waals surface area contributed by atoms with Gasteiger partial charge >= 0.3 is 0 Å². The molecule has 0 aromatic heterocycles. The highest BCUT2D eigenvalue weighted by molar-refractivity contribution is 5.39. The van der Waals surface area contributed by atoms with Crippen molar-refractivity contribution in [3.05, 3.63) is 39.9 Å². The maximum absolute atomic E-state index is 11.3. The molecule has 0 radical (unpaired) electrons. The molecule has 3 aliphatic rings. The van der Waals surface area contributed by atoms with Crippen molar-refractivity contribution >= 4 is 5.69 Å². The van der Waals surface area contributed by atoms with Crippen LogP contribution in [0.3, 0.4) is 0 Å². The zero-order valence-corrected chi connectivity index (χ0v) is 16.3. The van der Waals surface area contributed by atoms with Crippen molar-refractivity contribution in [2.75, 3.05) is 6.61 Å². The number of nitro benzene ring substituents is 1. The molecule has 0 saturated carbocycles. The summed E-state index contributed by atoms with van der Waals surface area (Å²) in [4.78, 5) is 10.9. The van der Waals surface area contributed by atoms with Crippen LogP contribution in [0.2, 0.25) is 0 Å². The first-order valence-electron chi connectivity index (χ1n) is 9.32. The Kier molecular flexibility index (Phi) is 4.93. The molecule has 0 aliphatic carbocycles. The topological polar surface area (TPSA) is 98.5 Å². The van der Waals surface area contributed by atoms with Crippen LogP contribution in [-0.4, -0.2) is 53.8 Å². The molecule has 0 amide bonds. The zero-order chi connectivity index (χ0) is 20.1. The second kappa shape index (κ2) is 7.01. The third-order valence-electron chi connectivity index (χ3n) is 5.04. The fourth-order valence-corrected chi connectivity index (χ4v) is 3.87. The van der Waals surface area contributed by atoms with Gasteiger partial charge in [-0.3, -0.25) is 10.1 Å². The molecule has 1 aromatic carbocycles. The molecule has 9 nitrogen and oxygen atoms in total. The van der Waals surface area contributed by atoms with E-state index in [9.17, 15) is 10.1 Å². The maximum Gasteiger partial charge on any atom is 0.274 e. The van der Waals surface area contributed by atoms with Gasteiger partial charge in [0.05, 0.1) is 23.7 Å². The highest BCUT2D eigenvalue weighted by Gasteiger charge is 2.58. The van der Waals surface area contributed by atoms with Gasteiger partial charge in [-0.05, 0) is 33.8 Å². The largest absolute Gasteiger partial charge is 0.368 e. The molecule has 0 spiro atoms. The van der Waals surface area contributed by atoms with E-state index in [4.69, 9.17) is 28.4 Å². The van der Waals surface area contributed by atoms with E-state index in [-0.39, 0.29) is 18.4 Å². The van der Waals surface area contributed by atoms with Crippen molar-refractivity contribution in [2.24, 2.45) is 0 Å². The Balaban J connectivity index is 1.53. The summed E-state index contributed by atoms with van der Waals surface area (Å²) >= 11 is 0. The number of benzene rings is 1. The molecular weight excluding hydrogens is 370 g/mol. The lowest BCUT2D eigenvalue weighted by molar-refractivity contribution is -0.386. The fraction of sp³-hybridized carbons (Fsp3) is 0.684. The lowest BCUT2D eigenvalue weighted by atomic mass is 10.1. The van der Waals surface area contributed by atoms with Gasteiger partial charge in [-0.25, -0.2) is 0 Å². The van der Waals surface area contributed by atoms with Crippen LogP contribution in [0.4, 0.5) is 5.69 Å². The molecule has 3 saturated heterocycles. The monoisotopic (exact) mass is 395 g/mol. The Hall–Kier alpha value is -1.62. The van der Waals surface area contributed by atoms with Crippen molar-refractivity contribution in [2.45, 2.75) is 76.6 Å². The molecule has 154 valence electrons.